The molecule has 104 valence electrons. The maximum absolute atomic E-state index is 11.8. The van der Waals surface area contributed by atoms with Crippen LogP contribution in [0.25, 0.3) is 0 Å². The Morgan fingerprint density at radius 1 is 1.25 bits per heavy atom. The van der Waals surface area contributed by atoms with Gasteiger partial charge in [0.2, 0.25) is 0 Å². The summed E-state index contributed by atoms with van der Waals surface area (Å²) in [4.78, 5) is 16.0. The number of nitrogens with one attached hydrogen (secondary N) is 2. The number of anilines is 1. The molecule has 0 saturated carbocycles. The third kappa shape index (κ3) is 3.96. The number of urea groups is 1. The van der Waals surface area contributed by atoms with Gasteiger partial charge >= 0.3 is 6.03 Å². The summed E-state index contributed by atoms with van der Waals surface area (Å²) in [6, 6.07) is 10.9. The SMILES string of the molecule is Cc1c(Cl)cccc1NC(=O)NCCc1ccccn1. The average Bonchev–Trinajstić information content (AvgIpc) is 2.45. The van der Waals surface area contributed by atoms with Crippen molar-refractivity contribution < 1.29 is 4.79 Å². The van der Waals surface area contributed by atoms with Crippen LogP contribution in [0.4, 0.5) is 10.5 Å². The quantitative estimate of drug-likeness (QED) is 0.906. The number of carbonyl (C=O) groups excluding carboxylic acids is 1. The zero-order valence-corrected chi connectivity index (χ0v) is 11.9. The topological polar surface area (TPSA) is 54.0 Å². The van der Waals surface area contributed by atoms with Crippen molar-refractivity contribution in [2.45, 2.75) is 13.3 Å². The summed E-state index contributed by atoms with van der Waals surface area (Å²) in [7, 11) is 0. The second-order valence-corrected chi connectivity index (χ2v) is 4.77. The molecule has 0 fully saturated rings. The molecule has 4 nitrogen and oxygen atoms in total. The normalized spacial score (nSPS) is 10.1. The number of hydrogen-bond acceptors (Lipinski definition) is 2. The molecule has 0 saturated heterocycles. The van der Waals surface area contributed by atoms with Crippen molar-refractivity contribution in [2.75, 3.05) is 11.9 Å². The Balaban J connectivity index is 1.82. The van der Waals surface area contributed by atoms with E-state index in [1.54, 1.807) is 18.3 Å². The molecule has 2 N–H and O–H groups in total. The van der Waals surface area contributed by atoms with E-state index in [1.165, 1.54) is 0 Å². The number of carbonyl (C=O) groups is 1. The number of nitrogens with zero attached hydrogens (tertiary/aromatic N) is 1. The standard InChI is InChI=1S/C15H16ClN3O/c1-11-13(16)6-4-7-14(11)19-15(20)18-10-8-12-5-2-3-9-17-12/h2-7,9H,8,10H2,1H3,(H2,18,19,20). The summed E-state index contributed by atoms with van der Waals surface area (Å²) in [6.07, 6.45) is 2.44. The number of benzene rings is 1. The zero-order chi connectivity index (χ0) is 14.4. The predicted octanol–water partition coefficient (Wildman–Crippen LogP) is 3.41. The molecule has 0 aliphatic heterocycles. The molecule has 1 heterocycles. The summed E-state index contributed by atoms with van der Waals surface area (Å²) in [5, 5.41) is 6.21. The summed E-state index contributed by atoms with van der Waals surface area (Å²) >= 11 is 6.00. The van der Waals surface area contributed by atoms with Crippen molar-refractivity contribution >= 4 is 23.3 Å². The van der Waals surface area contributed by atoms with Crippen LogP contribution in [0, 0.1) is 6.92 Å². The highest BCUT2D eigenvalue weighted by Gasteiger charge is 2.06. The third-order valence-electron chi connectivity index (χ3n) is 2.91. The first kappa shape index (κ1) is 14.3. The van der Waals surface area contributed by atoms with Gasteiger partial charge in [0.1, 0.15) is 0 Å². The van der Waals surface area contributed by atoms with Crippen molar-refractivity contribution in [3.05, 3.63) is 58.9 Å². The summed E-state index contributed by atoms with van der Waals surface area (Å²) < 4.78 is 0. The third-order valence-corrected chi connectivity index (χ3v) is 3.32. The molecule has 0 spiro atoms. The van der Waals surface area contributed by atoms with Gasteiger partial charge in [-0.1, -0.05) is 23.7 Å². The first-order valence-corrected chi connectivity index (χ1v) is 6.74. The van der Waals surface area contributed by atoms with E-state index in [2.05, 4.69) is 15.6 Å². The number of amides is 2. The Labute approximate surface area is 123 Å². The van der Waals surface area contributed by atoms with Gasteiger partial charge in [-0.05, 0) is 36.8 Å². The van der Waals surface area contributed by atoms with E-state index in [1.807, 2.05) is 31.2 Å². The number of pyridine rings is 1. The van der Waals surface area contributed by atoms with Crippen LogP contribution < -0.4 is 10.6 Å². The van der Waals surface area contributed by atoms with Gasteiger partial charge in [-0.15, -0.1) is 0 Å². The van der Waals surface area contributed by atoms with Gasteiger partial charge in [0.15, 0.2) is 0 Å². The minimum absolute atomic E-state index is 0.244. The van der Waals surface area contributed by atoms with E-state index in [9.17, 15) is 4.79 Å². The first-order valence-electron chi connectivity index (χ1n) is 6.36. The highest BCUT2D eigenvalue weighted by Crippen LogP contribution is 2.22. The molecule has 0 unspecified atom stereocenters. The molecule has 0 atom stereocenters. The first-order chi connectivity index (χ1) is 9.66. The molecule has 0 aliphatic rings. The highest BCUT2D eigenvalue weighted by atomic mass is 35.5. The largest absolute Gasteiger partial charge is 0.337 e. The second-order valence-electron chi connectivity index (χ2n) is 4.36. The van der Waals surface area contributed by atoms with Gasteiger partial charge in [-0.3, -0.25) is 4.98 Å². The fraction of sp³-hybridized carbons (Fsp3) is 0.200. The van der Waals surface area contributed by atoms with Gasteiger partial charge in [0.05, 0.1) is 0 Å². The van der Waals surface area contributed by atoms with E-state index in [0.29, 0.717) is 23.7 Å². The monoisotopic (exact) mass is 289 g/mol. The van der Waals surface area contributed by atoms with Crippen LogP contribution in [0.15, 0.2) is 42.6 Å². The Bertz CT molecular complexity index is 587. The second kappa shape index (κ2) is 6.91. The van der Waals surface area contributed by atoms with Crippen LogP contribution >= 0.6 is 11.6 Å². The lowest BCUT2D eigenvalue weighted by atomic mass is 10.2. The number of halogens is 1. The molecule has 2 amide bonds. The molecule has 20 heavy (non-hydrogen) atoms. The van der Waals surface area contributed by atoms with Gasteiger partial charge in [-0.25, -0.2) is 4.79 Å². The molecule has 2 rings (SSSR count). The smallest absolute Gasteiger partial charge is 0.319 e. The molecule has 1 aromatic carbocycles. The molecule has 5 heteroatoms. The van der Waals surface area contributed by atoms with Crippen LogP contribution in [0.3, 0.4) is 0 Å². The highest BCUT2D eigenvalue weighted by molar-refractivity contribution is 6.31. The van der Waals surface area contributed by atoms with Crippen LogP contribution in [0.1, 0.15) is 11.3 Å². The predicted molar refractivity (Wildman–Crippen MR) is 81.2 cm³/mol. The van der Waals surface area contributed by atoms with Crippen molar-refractivity contribution in [1.29, 1.82) is 0 Å². The summed E-state index contributed by atoms with van der Waals surface area (Å²) in [6.45, 7) is 2.40. The van der Waals surface area contributed by atoms with Gasteiger partial charge in [0, 0.05) is 35.6 Å². The maximum atomic E-state index is 11.8. The summed E-state index contributed by atoms with van der Waals surface area (Å²) in [5.74, 6) is 0. The minimum Gasteiger partial charge on any atom is -0.337 e. The van der Waals surface area contributed by atoms with Gasteiger partial charge in [0.25, 0.3) is 0 Å². The van der Waals surface area contributed by atoms with Gasteiger partial charge < -0.3 is 10.6 Å². The number of aromatic nitrogens is 1. The van der Waals surface area contributed by atoms with E-state index in [0.717, 1.165) is 11.3 Å². The zero-order valence-electron chi connectivity index (χ0n) is 11.2. The van der Waals surface area contributed by atoms with Crippen LogP contribution in [0.5, 0.6) is 0 Å². The van der Waals surface area contributed by atoms with Crippen LogP contribution in [0.2, 0.25) is 5.02 Å². The van der Waals surface area contributed by atoms with E-state index in [-0.39, 0.29) is 6.03 Å². The molecule has 0 radical (unpaired) electrons. The molecule has 0 aliphatic carbocycles. The number of hydrogen-bond donors (Lipinski definition) is 2. The molecule has 2 aromatic rings. The fourth-order valence-electron chi connectivity index (χ4n) is 1.76. The lowest BCUT2D eigenvalue weighted by Gasteiger charge is -2.10. The Kier molecular flexibility index (Phi) is 4.96. The Hall–Kier alpha value is -2.07. The van der Waals surface area contributed by atoms with Crippen molar-refractivity contribution in [1.82, 2.24) is 10.3 Å². The van der Waals surface area contributed by atoms with Crippen LogP contribution in [-0.2, 0) is 6.42 Å². The molecular weight excluding hydrogens is 274 g/mol. The molecule has 1 aromatic heterocycles. The lowest BCUT2D eigenvalue weighted by molar-refractivity contribution is 0.252. The maximum Gasteiger partial charge on any atom is 0.319 e. The van der Waals surface area contributed by atoms with E-state index in [4.69, 9.17) is 11.6 Å². The molecular formula is C15H16ClN3O. The van der Waals surface area contributed by atoms with E-state index >= 15 is 0 Å². The van der Waals surface area contributed by atoms with Crippen molar-refractivity contribution in [3.8, 4) is 0 Å². The Morgan fingerprint density at radius 3 is 2.85 bits per heavy atom. The fourth-order valence-corrected chi connectivity index (χ4v) is 1.93. The minimum atomic E-state index is -0.244. The van der Waals surface area contributed by atoms with Crippen LogP contribution in [-0.4, -0.2) is 17.6 Å². The van der Waals surface area contributed by atoms with Crippen molar-refractivity contribution in [3.63, 3.8) is 0 Å². The summed E-state index contributed by atoms with van der Waals surface area (Å²) in [5.41, 5.74) is 2.52. The van der Waals surface area contributed by atoms with Crippen molar-refractivity contribution in [2.24, 2.45) is 0 Å². The molecule has 0 bridgehead atoms. The van der Waals surface area contributed by atoms with E-state index < -0.39 is 0 Å². The average molecular weight is 290 g/mol. The Morgan fingerprint density at radius 2 is 2.10 bits per heavy atom. The number of rotatable bonds is 4. The lowest BCUT2D eigenvalue weighted by Crippen LogP contribution is -2.30. The van der Waals surface area contributed by atoms with Gasteiger partial charge in [-0.2, -0.15) is 0 Å².